The largest absolute Gasteiger partial charge is 0.444 e. The summed E-state index contributed by atoms with van der Waals surface area (Å²) in [4.78, 5) is 13.8. The highest BCUT2D eigenvalue weighted by atomic mass is 35.5. The van der Waals surface area contributed by atoms with Gasteiger partial charge in [-0.05, 0) is 45.6 Å². The normalized spacial score (nSPS) is 21.2. The van der Waals surface area contributed by atoms with E-state index in [0.29, 0.717) is 5.88 Å². The smallest absolute Gasteiger partial charge is 0.410 e. The molecular formula is C13H22ClNO2. The molecule has 0 radical (unpaired) electrons. The molecule has 0 aliphatic carbocycles. The van der Waals surface area contributed by atoms with E-state index in [2.05, 4.69) is 6.58 Å². The minimum atomic E-state index is -0.457. The molecule has 1 amide bonds. The molecular weight excluding hydrogens is 238 g/mol. The van der Waals surface area contributed by atoms with Crippen LogP contribution in [-0.2, 0) is 4.74 Å². The van der Waals surface area contributed by atoms with Crippen LogP contribution in [-0.4, -0.2) is 35.1 Å². The lowest BCUT2D eigenvalue weighted by Crippen LogP contribution is -2.47. The van der Waals surface area contributed by atoms with Crippen molar-refractivity contribution < 1.29 is 9.53 Å². The minimum Gasteiger partial charge on any atom is -0.444 e. The molecule has 0 spiro atoms. The van der Waals surface area contributed by atoms with Gasteiger partial charge in [-0.1, -0.05) is 6.58 Å². The predicted molar refractivity (Wildman–Crippen MR) is 70.4 cm³/mol. The molecule has 1 saturated heterocycles. The summed E-state index contributed by atoms with van der Waals surface area (Å²) in [6, 6.07) is 0.0381. The van der Waals surface area contributed by atoms with Gasteiger partial charge in [-0.2, -0.15) is 0 Å². The molecule has 1 heterocycles. The van der Waals surface area contributed by atoms with E-state index in [-0.39, 0.29) is 12.1 Å². The van der Waals surface area contributed by atoms with Gasteiger partial charge in [0, 0.05) is 12.4 Å². The molecule has 0 aromatic heterocycles. The second kappa shape index (κ2) is 5.76. The van der Waals surface area contributed by atoms with E-state index < -0.39 is 5.60 Å². The minimum absolute atomic E-state index is 0.0381. The Hall–Kier alpha value is -0.700. The first-order valence-electron chi connectivity index (χ1n) is 6.08. The van der Waals surface area contributed by atoms with Crippen molar-refractivity contribution in [3.63, 3.8) is 0 Å². The van der Waals surface area contributed by atoms with Crippen LogP contribution < -0.4 is 0 Å². The number of carbonyl (C=O) groups is 1. The van der Waals surface area contributed by atoms with Crippen molar-refractivity contribution in [2.75, 3.05) is 12.4 Å². The lowest BCUT2D eigenvalue weighted by Gasteiger charge is -2.37. The highest BCUT2D eigenvalue weighted by Crippen LogP contribution is 2.25. The van der Waals surface area contributed by atoms with E-state index in [1.54, 1.807) is 4.90 Å². The number of nitrogens with zero attached hydrogens (tertiary/aromatic N) is 1. The summed E-state index contributed by atoms with van der Waals surface area (Å²) in [7, 11) is 0. The third kappa shape index (κ3) is 4.23. The summed E-state index contributed by atoms with van der Waals surface area (Å²) in [5, 5.41) is 0. The van der Waals surface area contributed by atoms with Crippen LogP contribution in [0.15, 0.2) is 12.2 Å². The van der Waals surface area contributed by atoms with Gasteiger partial charge in [0.25, 0.3) is 0 Å². The van der Waals surface area contributed by atoms with Crippen LogP contribution in [0.2, 0.25) is 0 Å². The molecule has 3 nitrogen and oxygen atoms in total. The first-order valence-corrected chi connectivity index (χ1v) is 6.62. The van der Waals surface area contributed by atoms with Crippen molar-refractivity contribution in [2.24, 2.45) is 0 Å². The number of carbonyl (C=O) groups excluding carboxylic acids is 1. The van der Waals surface area contributed by atoms with E-state index in [1.807, 2.05) is 20.8 Å². The van der Waals surface area contributed by atoms with Crippen LogP contribution in [0.4, 0.5) is 4.79 Å². The average Bonchev–Trinajstić information content (AvgIpc) is 2.25. The van der Waals surface area contributed by atoms with Gasteiger partial charge in [-0.25, -0.2) is 4.79 Å². The lowest BCUT2D eigenvalue weighted by molar-refractivity contribution is 0.0139. The van der Waals surface area contributed by atoms with Crippen LogP contribution in [0.1, 0.15) is 40.0 Å². The van der Waals surface area contributed by atoms with Crippen molar-refractivity contribution in [3.8, 4) is 0 Å². The zero-order chi connectivity index (χ0) is 13.1. The van der Waals surface area contributed by atoms with Gasteiger partial charge < -0.3 is 9.64 Å². The summed E-state index contributed by atoms with van der Waals surface area (Å²) >= 11 is 5.81. The molecule has 1 rings (SSSR count). The van der Waals surface area contributed by atoms with Crippen molar-refractivity contribution >= 4 is 17.7 Å². The van der Waals surface area contributed by atoms with E-state index in [0.717, 1.165) is 31.4 Å². The SMILES string of the molecule is C=C(CCl)C1CCCCN1C(=O)OC(C)(C)C. The molecule has 1 atom stereocenters. The molecule has 4 heteroatoms. The van der Waals surface area contributed by atoms with Gasteiger partial charge in [0.1, 0.15) is 5.60 Å². The number of likely N-dealkylation sites (tertiary alicyclic amines) is 1. The van der Waals surface area contributed by atoms with E-state index >= 15 is 0 Å². The maximum absolute atomic E-state index is 12.1. The van der Waals surface area contributed by atoms with Gasteiger partial charge in [0.15, 0.2) is 0 Å². The summed E-state index contributed by atoms with van der Waals surface area (Å²) in [5.41, 5.74) is 0.443. The molecule has 1 aliphatic rings. The maximum atomic E-state index is 12.1. The molecule has 17 heavy (non-hydrogen) atoms. The Morgan fingerprint density at radius 3 is 2.65 bits per heavy atom. The molecule has 0 N–H and O–H groups in total. The predicted octanol–water partition coefficient (Wildman–Crippen LogP) is 3.57. The summed E-state index contributed by atoms with van der Waals surface area (Å²) in [5.74, 6) is 0.393. The number of halogens is 1. The Morgan fingerprint density at radius 1 is 1.47 bits per heavy atom. The van der Waals surface area contributed by atoms with Crippen molar-refractivity contribution in [1.29, 1.82) is 0 Å². The lowest BCUT2D eigenvalue weighted by atomic mass is 9.97. The molecule has 0 aromatic rings. The molecule has 1 unspecified atom stereocenters. The number of piperidine rings is 1. The number of hydrogen-bond donors (Lipinski definition) is 0. The number of alkyl halides is 1. The zero-order valence-corrected chi connectivity index (χ0v) is 11.7. The number of rotatable bonds is 2. The molecule has 98 valence electrons. The van der Waals surface area contributed by atoms with Crippen LogP contribution in [0, 0.1) is 0 Å². The quantitative estimate of drug-likeness (QED) is 0.560. The molecule has 0 bridgehead atoms. The number of hydrogen-bond acceptors (Lipinski definition) is 2. The Morgan fingerprint density at radius 2 is 2.12 bits per heavy atom. The Kier molecular flexibility index (Phi) is 4.87. The standard InChI is InChI=1S/C13H22ClNO2/c1-10(9-14)11-7-5-6-8-15(11)12(16)17-13(2,3)4/h11H,1,5-9H2,2-4H3. The van der Waals surface area contributed by atoms with Gasteiger partial charge >= 0.3 is 6.09 Å². The average molecular weight is 260 g/mol. The first-order chi connectivity index (χ1) is 7.85. The number of amides is 1. The second-order valence-electron chi connectivity index (χ2n) is 5.48. The van der Waals surface area contributed by atoms with Crippen LogP contribution >= 0.6 is 11.6 Å². The summed E-state index contributed by atoms with van der Waals surface area (Å²) < 4.78 is 5.40. The summed E-state index contributed by atoms with van der Waals surface area (Å²) in [6.45, 7) is 10.3. The van der Waals surface area contributed by atoms with Gasteiger partial charge in [-0.3, -0.25) is 0 Å². The Balaban J connectivity index is 2.71. The van der Waals surface area contributed by atoms with Crippen LogP contribution in [0.5, 0.6) is 0 Å². The third-order valence-electron chi connectivity index (χ3n) is 2.77. The van der Waals surface area contributed by atoms with Crippen LogP contribution in [0.3, 0.4) is 0 Å². The fraction of sp³-hybridized carbons (Fsp3) is 0.769. The van der Waals surface area contributed by atoms with E-state index in [1.165, 1.54) is 0 Å². The first kappa shape index (κ1) is 14.4. The van der Waals surface area contributed by atoms with Crippen molar-refractivity contribution in [2.45, 2.75) is 51.7 Å². The Labute approximate surface area is 109 Å². The van der Waals surface area contributed by atoms with Gasteiger partial charge in [0.2, 0.25) is 0 Å². The molecule has 1 aliphatic heterocycles. The van der Waals surface area contributed by atoms with Crippen LogP contribution in [0.25, 0.3) is 0 Å². The topological polar surface area (TPSA) is 29.5 Å². The number of ether oxygens (including phenoxy) is 1. The zero-order valence-electron chi connectivity index (χ0n) is 11.0. The van der Waals surface area contributed by atoms with E-state index in [4.69, 9.17) is 16.3 Å². The van der Waals surface area contributed by atoms with Gasteiger partial charge in [-0.15, -0.1) is 11.6 Å². The monoisotopic (exact) mass is 259 g/mol. The van der Waals surface area contributed by atoms with Crippen molar-refractivity contribution in [1.82, 2.24) is 4.90 Å². The Bertz CT molecular complexity index is 296. The molecule has 0 aromatic carbocycles. The highest BCUT2D eigenvalue weighted by molar-refractivity contribution is 6.19. The second-order valence-corrected chi connectivity index (χ2v) is 5.74. The maximum Gasteiger partial charge on any atom is 0.410 e. The fourth-order valence-corrected chi connectivity index (χ4v) is 2.16. The molecule has 0 saturated carbocycles. The van der Waals surface area contributed by atoms with E-state index in [9.17, 15) is 4.79 Å². The summed E-state index contributed by atoms with van der Waals surface area (Å²) in [6.07, 6.45) is 2.81. The highest BCUT2D eigenvalue weighted by Gasteiger charge is 2.31. The van der Waals surface area contributed by atoms with Crippen molar-refractivity contribution in [3.05, 3.63) is 12.2 Å². The third-order valence-corrected chi connectivity index (χ3v) is 3.12. The molecule has 1 fully saturated rings. The van der Waals surface area contributed by atoms with Gasteiger partial charge in [0.05, 0.1) is 6.04 Å². The fourth-order valence-electron chi connectivity index (χ4n) is 1.98.